The van der Waals surface area contributed by atoms with Gasteiger partial charge in [-0.3, -0.25) is 4.79 Å². The summed E-state index contributed by atoms with van der Waals surface area (Å²) in [7, 11) is 0. The zero-order chi connectivity index (χ0) is 11.5. The molecule has 1 aromatic rings. The molecule has 0 atom stereocenters. The van der Waals surface area contributed by atoms with Crippen LogP contribution in [0.2, 0.25) is 0 Å². The van der Waals surface area contributed by atoms with Crippen LogP contribution in [-0.4, -0.2) is 30.1 Å². The van der Waals surface area contributed by atoms with E-state index < -0.39 is 5.97 Å². The van der Waals surface area contributed by atoms with Crippen molar-refractivity contribution in [2.24, 2.45) is 0 Å². The van der Waals surface area contributed by atoms with Crippen molar-refractivity contribution >= 4 is 11.9 Å². The van der Waals surface area contributed by atoms with Gasteiger partial charge in [0.25, 0.3) is 5.91 Å². The van der Waals surface area contributed by atoms with E-state index in [4.69, 9.17) is 4.74 Å². The summed E-state index contributed by atoms with van der Waals surface area (Å²) >= 11 is 0. The van der Waals surface area contributed by atoms with Crippen molar-refractivity contribution in [1.29, 1.82) is 0 Å². The molecule has 0 N–H and O–H groups in total. The fourth-order valence-electron chi connectivity index (χ4n) is 1.54. The topological polar surface area (TPSA) is 69.7 Å². The van der Waals surface area contributed by atoms with E-state index in [2.05, 4.69) is 0 Å². The molecule has 0 unspecified atom stereocenters. The number of aliphatic carboxylic acids is 1. The van der Waals surface area contributed by atoms with Crippen LogP contribution >= 0.6 is 0 Å². The number of carbonyl (C=O) groups excluding carboxylic acids is 2. The molecule has 0 saturated carbocycles. The van der Waals surface area contributed by atoms with Gasteiger partial charge in [0.05, 0.1) is 5.56 Å². The summed E-state index contributed by atoms with van der Waals surface area (Å²) in [5, 5.41) is 10.3. The minimum absolute atomic E-state index is 0.0864. The molecule has 1 amide bonds. The number of carboxylic acids is 1. The number of hydrogen-bond acceptors (Lipinski definition) is 4. The third kappa shape index (κ3) is 1.98. The standard InChI is InChI=1S/C11H11NO4/c13-10(14)5-6-12-7-16-9-4-2-1-3-8(9)11(12)15/h1-4H,5-7H2,(H,13,14)/p-1. The number of rotatable bonds is 3. The van der Waals surface area contributed by atoms with Gasteiger partial charge in [-0.05, 0) is 12.1 Å². The van der Waals surface area contributed by atoms with Crippen LogP contribution in [0.3, 0.4) is 0 Å². The molecule has 0 saturated heterocycles. The van der Waals surface area contributed by atoms with Crippen LogP contribution in [0, 0.1) is 0 Å². The molecule has 16 heavy (non-hydrogen) atoms. The van der Waals surface area contributed by atoms with Crippen LogP contribution in [0.1, 0.15) is 16.8 Å². The first-order valence-corrected chi connectivity index (χ1v) is 4.89. The number of fused-ring (bicyclic) bond motifs is 1. The van der Waals surface area contributed by atoms with Crippen molar-refractivity contribution in [3.63, 3.8) is 0 Å². The second-order valence-electron chi connectivity index (χ2n) is 3.46. The number of amides is 1. The molecule has 2 rings (SSSR count). The Labute approximate surface area is 92.2 Å². The molecule has 1 aromatic carbocycles. The molecule has 84 valence electrons. The van der Waals surface area contributed by atoms with Crippen molar-refractivity contribution in [3.8, 4) is 5.75 Å². The second kappa shape index (κ2) is 4.22. The molecule has 0 bridgehead atoms. The Hall–Kier alpha value is -2.04. The van der Waals surface area contributed by atoms with Crippen molar-refractivity contribution in [3.05, 3.63) is 29.8 Å². The zero-order valence-corrected chi connectivity index (χ0v) is 8.51. The van der Waals surface area contributed by atoms with Crippen LogP contribution < -0.4 is 9.84 Å². The largest absolute Gasteiger partial charge is 0.550 e. The normalized spacial score (nSPS) is 14.2. The summed E-state index contributed by atoms with van der Waals surface area (Å²) in [6.07, 6.45) is -0.183. The van der Waals surface area contributed by atoms with E-state index in [0.29, 0.717) is 11.3 Å². The Bertz CT molecular complexity index is 430. The number of hydrogen-bond donors (Lipinski definition) is 0. The third-order valence-electron chi connectivity index (χ3n) is 2.37. The minimum Gasteiger partial charge on any atom is -0.550 e. The van der Waals surface area contributed by atoms with Crippen LogP contribution in [0.5, 0.6) is 5.75 Å². The van der Waals surface area contributed by atoms with E-state index >= 15 is 0 Å². The fraction of sp³-hybridized carbons (Fsp3) is 0.273. The number of ether oxygens (including phenoxy) is 1. The minimum atomic E-state index is -1.17. The molecule has 0 radical (unpaired) electrons. The van der Waals surface area contributed by atoms with Crippen molar-refractivity contribution in [2.75, 3.05) is 13.3 Å². The smallest absolute Gasteiger partial charge is 0.260 e. The summed E-state index contributed by atoms with van der Waals surface area (Å²) in [4.78, 5) is 23.5. The van der Waals surface area contributed by atoms with E-state index in [1.54, 1.807) is 24.3 Å². The van der Waals surface area contributed by atoms with E-state index in [1.807, 2.05) is 0 Å². The van der Waals surface area contributed by atoms with Crippen LogP contribution in [-0.2, 0) is 4.79 Å². The maximum Gasteiger partial charge on any atom is 0.260 e. The maximum absolute atomic E-state index is 11.9. The summed E-state index contributed by atoms with van der Waals surface area (Å²) < 4.78 is 5.33. The number of benzene rings is 1. The molecule has 1 aliphatic heterocycles. The highest BCUT2D eigenvalue weighted by Crippen LogP contribution is 2.23. The van der Waals surface area contributed by atoms with Gasteiger partial charge in [-0.2, -0.15) is 0 Å². The zero-order valence-electron chi connectivity index (χ0n) is 8.51. The highest BCUT2D eigenvalue weighted by molar-refractivity contribution is 5.97. The second-order valence-corrected chi connectivity index (χ2v) is 3.46. The lowest BCUT2D eigenvalue weighted by molar-refractivity contribution is -0.305. The molecule has 0 spiro atoms. The average molecular weight is 220 g/mol. The van der Waals surface area contributed by atoms with Crippen LogP contribution in [0.4, 0.5) is 0 Å². The van der Waals surface area contributed by atoms with E-state index in [1.165, 1.54) is 4.90 Å². The highest BCUT2D eigenvalue weighted by atomic mass is 16.5. The first-order chi connectivity index (χ1) is 7.68. The first-order valence-electron chi connectivity index (χ1n) is 4.89. The Kier molecular flexibility index (Phi) is 2.76. The van der Waals surface area contributed by atoms with Crippen molar-refractivity contribution in [2.45, 2.75) is 6.42 Å². The van der Waals surface area contributed by atoms with Crippen LogP contribution in [0.25, 0.3) is 0 Å². The number of nitrogens with zero attached hydrogens (tertiary/aromatic N) is 1. The molecular formula is C11H10NO4-. The first kappa shape index (κ1) is 10.5. The summed E-state index contributed by atoms with van der Waals surface area (Å²) in [6, 6.07) is 6.89. The predicted molar refractivity (Wildman–Crippen MR) is 52.6 cm³/mol. The SMILES string of the molecule is O=C([O-])CCN1COc2ccccc2C1=O. The monoisotopic (exact) mass is 220 g/mol. The van der Waals surface area contributed by atoms with E-state index in [9.17, 15) is 14.7 Å². The summed E-state index contributed by atoms with van der Waals surface area (Å²) in [6.45, 7) is 0.193. The summed E-state index contributed by atoms with van der Waals surface area (Å²) in [5.41, 5.74) is 0.465. The van der Waals surface area contributed by atoms with Gasteiger partial charge in [-0.15, -0.1) is 0 Å². The fourth-order valence-corrected chi connectivity index (χ4v) is 1.54. The Morgan fingerprint density at radius 2 is 2.19 bits per heavy atom. The molecule has 0 aromatic heterocycles. The number of para-hydroxylation sites is 1. The van der Waals surface area contributed by atoms with Gasteiger partial charge < -0.3 is 19.5 Å². The lowest BCUT2D eigenvalue weighted by Gasteiger charge is -2.28. The van der Waals surface area contributed by atoms with E-state index in [-0.39, 0.29) is 25.6 Å². The maximum atomic E-state index is 11.9. The quantitative estimate of drug-likeness (QED) is 0.696. The van der Waals surface area contributed by atoms with Gasteiger partial charge in [0.2, 0.25) is 0 Å². The van der Waals surface area contributed by atoms with Crippen molar-refractivity contribution in [1.82, 2.24) is 4.90 Å². The lowest BCUT2D eigenvalue weighted by atomic mass is 10.1. The Balaban J connectivity index is 2.12. The molecule has 0 aliphatic carbocycles. The van der Waals surface area contributed by atoms with Gasteiger partial charge in [0.1, 0.15) is 5.75 Å². The van der Waals surface area contributed by atoms with Gasteiger partial charge in [-0.1, -0.05) is 12.1 Å². The van der Waals surface area contributed by atoms with Gasteiger partial charge in [0.15, 0.2) is 6.73 Å². The van der Waals surface area contributed by atoms with E-state index in [0.717, 1.165) is 0 Å². The lowest BCUT2D eigenvalue weighted by Crippen LogP contribution is -2.41. The molecule has 0 fully saturated rings. The number of carbonyl (C=O) groups is 2. The molecule has 5 heteroatoms. The molecular weight excluding hydrogens is 210 g/mol. The average Bonchev–Trinajstić information content (AvgIpc) is 2.28. The Morgan fingerprint density at radius 3 is 2.94 bits per heavy atom. The third-order valence-corrected chi connectivity index (χ3v) is 2.37. The molecule has 1 aliphatic rings. The van der Waals surface area contributed by atoms with Gasteiger partial charge in [0, 0.05) is 18.9 Å². The van der Waals surface area contributed by atoms with Gasteiger partial charge in [-0.25, -0.2) is 0 Å². The molecule has 1 heterocycles. The number of carboxylic acid groups (broad SMARTS) is 1. The highest BCUT2D eigenvalue weighted by Gasteiger charge is 2.24. The predicted octanol–water partition coefficient (Wildman–Crippen LogP) is -0.381. The Morgan fingerprint density at radius 1 is 1.44 bits per heavy atom. The van der Waals surface area contributed by atoms with Gasteiger partial charge >= 0.3 is 0 Å². The van der Waals surface area contributed by atoms with Crippen molar-refractivity contribution < 1.29 is 19.4 Å². The van der Waals surface area contributed by atoms with Crippen LogP contribution in [0.15, 0.2) is 24.3 Å². The molecule has 5 nitrogen and oxygen atoms in total. The summed E-state index contributed by atoms with van der Waals surface area (Å²) in [5.74, 6) is -0.841.